The van der Waals surface area contributed by atoms with E-state index < -0.39 is 17.3 Å². The van der Waals surface area contributed by atoms with E-state index in [0.29, 0.717) is 25.2 Å². The first-order chi connectivity index (χ1) is 13.2. The van der Waals surface area contributed by atoms with Gasteiger partial charge in [0.1, 0.15) is 11.3 Å². The molecule has 3 unspecified atom stereocenters. The summed E-state index contributed by atoms with van der Waals surface area (Å²) in [4.78, 5) is 14.2. The van der Waals surface area contributed by atoms with Gasteiger partial charge in [-0.25, -0.2) is 0 Å². The summed E-state index contributed by atoms with van der Waals surface area (Å²) in [5.74, 6) is -1.06. The van der Waals surface area contributed by atoms with E-state index in [0.717, 1.165) is 25.1 Å². The Balaban J connectivity index is 0.00000420. The van der Waals surface area contributed by atoms with Crippen LogP contribution >= 0.6 is 24.8 Å². The molecule has 9 heteroatoms. The van der Waals surface area contributed by atoms with Gasteiger partial charge in [0.25, 0.3) is 0 Å². The number of aliphatic hydroxyl groups is 1. The molecule has 1 aliphatic rings. The van der Waals surface area contributed by atoms with Crippen LogP contribution in [-0.4, -0.2) is 58.8 Å². The van der Waals surface area contributed by atoms with Crippen molar-refractivity contribution in [2.45, 2.75) is 69.9 Å². The van der Waals surface area contributed by atoms with E-state index in [1.54, 1.807) is 6.07 Å². The van der Waals surface area contributed by atoms with Crippen LogP contribution in [0.3, 0.4) is 0 Å². The van der Waals surface area contributed by atoms with Gasteiger partial charge in [0.15, 0.2) is 0 Å². The Kier molecular flexibility index (Phi) is 12.3. The molecule has 3 atom stereocenters. The molecule has 0 aliphatic carbocycles. The number of aromatic hydroxyl groups is 1. The molecule has 6 nitrogen and oxygen atoms in total. The Bertz CT molecular complexity index is 680. The molecule has 1 aliphatic heterocycles. The van der Waals surface area contributed by atoms with Crippen LogP contribution in [0.4, 0.5) is 0 Å². The Morgan fingerprint density at radius 2 is 2.00 bits per heavy atom. The third-order valence-corrected chi connectivity index (χ3v) is 5.76. The summed E-state index contributed by atoms with van der Waals surface area (Å²) in [7, 11) is 6.11. The Labute approximate surface area is 193 Å². The minimum Gasteiger partial charge on any atom is -0.508 e. The number of carbonyl (C=O) groups is 1. The monoisotopic (exact) mass is 460 g/mol. The van der Waals surface area contributed by atoms with Crippen molar-refractivity contribution in [1.29, 1.82) is 0 Å². The topological polar surface area (TPSA) is 107 Å². The van der Waals surface area contributed by atoms with Crippen molar-refractivity contribution in [3.05, 3.63) is 29.3 Å². The smallest absolute Gasteiger partial charge is 0.323 e. The van der Waals surface area contributed by atoms with Crippen molar-refractivity contribution in [2.24, 2.45) is 11.7 Å². The lowest BCUT2D eigenvalue weighted by Crippen LogP contribution is -2.53. The molecular weight excluding hydrogens is 426 g/mol. The fraction of sp³-hybridized carbons (Fsp3) is 0.667. The van der Waals surface area contributed by atoms with Crippen molar-refractivity contribution in [2.75, 3.05) is 13.2 Å². The average Bonchev–Trinajstić information content (AvgIpc) is 2.63. The average molecular weight is 461 g/mol. The molecule has 1 heterocycles. The number of carboxylic acids is 1. The molecule has 1 aromatic carbocycles. The van der Waals surface area contributed by atoms with Crippen LogP contribution in [0.1, 0.15) is 50.7 Å². The third-order valence-electron chi connectivity index (χ3n) is 5.76. The van der Waals surface area contributed by atoms with Crippen LogP contribution in [0.5, 0.6) is 5.75 Å². The quantitative estimate of drug-likeness (QED) is 0.400. The number of carboxylic acid groups (broad SMARTS) is 1. The Morgan fingerprint density at radius 3 is 2.57 bits per heavy atom. The highest BCUT2D eigenvalue weighted by atomic mass is 35.5. The molecule has 0 spiro atoms. The lowest BCUT2D eigenvalue weighted by atomic mass is 9.66. The molecule has 30 heavy (non-hydrogen) atoms. The summed E-state index contributed by atoms with van der Waals surface area (Å²) >= 11 is 0. The fourth-order valence-corrected chi connectivity index (χ4v) is 4.08. The van der Waals surface area contributed by atoms with E-state index in [-0.39, 0.29) is 49.6 Å². The van der Waals surface area contributed by atoms with Gasteiger partial charge in [-0.15, -0.1) is 24.8 Å². The number of fused-ring (bicyclic) bond motifs is 1. The van der Waals surface area contributed by atoms with Gasteiger partial charge in [0.05, 0.1) is 7.85 Å². The summed E-state index contributed by atoms with van der Waals surface area (Å²) in [6.07, 6.45) is 2.52. The minimum atomic E-state index is -1.51. The van der Waals surface area contributed by atoms with Crippen LogP contribution in [0, 0.1) is 5.92 Å². The molecular formula is C21H35BCl2N2O4. The zero-order valence-corrected chi connectivity index (χ0v) is 19.4. The second-order valence-electron chi connectivity index (χ2n) is 8.49. The Morgan fingerprint density at radius 1 is 1.33 bits per heavy atom. The van der Waals surface area contributed by atoms with Gasteiger partial charge in [-0.3, -0.25) is 9.69 Å². The highest BCUT2D eigenvalue weighted by Crippen LogP contribution is 2.33. The van der Waals surface area contributed by atoms with E-state index in [1.807, 2.05) is 12.1 Å². The number of halogens is 2. The van der Waals surface area contributed by atoms with Gasteiger partial charge in [-0.05, 0) is 60.7 Å². The van der Waals surface area contributed by atoms with E-state index in [2.05, 4.69) is 18.7 Å². The molecule has 2 radical (unpaired) electrons. The number of phenolic OH excluding ortho intramolecular Hbond substituents is 1. The predicted molar refractivity (Wildman–Crippen MR) is 125 cm³/mol. The van der Waals surface area contributed by atoms with E-state index >= 15 is 0 Å². The number of hydrogen-bond acceptors (Lipinski definition) is 5. The first kappa shape index (κ1) is 29.0. The number of aliphatic carboxylic acids is 1. The number of hydrogen-bond donors (Lipinski definition) is 4. The first-order valence-corrected chi connectivity index (χ1v) is 10.1. The number of nitrogens with zero attached hydrogens (tertiary/aromatic N) is 1. The molecule has 0 saturated heterocycles. The van der Waals surface area contributed by atoms with Gasteiger partial charge >= 0.3 is 5.97 Å². The largest absolute Gasteiger partial charge is 0.508 e. The SMILES string of the molecule is Cl.Cl.[B]C(CCCO)C(N)(CCC1Cc2ccc(O)cc2CN1CC(C)C)C(=O)O. The molecule has 0 bridgehead atoms. The van der Waals surface area contributed by atoms with Crippen molar-refractivity contribution in [3.63, 3.8) is 0 Å². The van der Waals surface area contributed by atoms with Gasteiger partial charge in [-0.1, -0.05) is 26.3 Å². The van der Waals surface area contributed by atoms with Crippen LogP contribution in [-0.2, 0) is 17.8 Å². The summed E-state index contributed by atoms with van der Waals surface area (Å²) in [6, 6.07) is 5.63. The standard InChI is InChI=1S/C21H33BN2O4.2ClH/c1-14(2)12-24-13-16-11-18(26)6-5-15(16)10-17(24)7-8-21(23,20(27)28)19(22)4-3-9-25;;/h5-6,11,14,17,19,25-26H,3-4,7-10,12-13,23H2,1-2H3,(H,27,28);2*1H. The second kappa shape index (κ2) is 12.8. The number of benzene rings is 1. The van der Waals surface area contributed by atoms with Crippen molar-refractivity contribution >= 4 is 38.6 Å². The van der Waals surface area contributed by atoms with Gasteiger partial charge in [0.2, 0.25) is 0 Å². The lowest BCUT2D eigenvalue weighted by Gasteiger charge is -2.40. The molecule has 5 N–H and O–H groups in total. The van der Waals surface area contributed by atoms with Crippen LogP contribution in [0.2, 0.25) is 5.82 Å². The number of aliphatic hydroxyl groups excluding tert-OH is 1. The fourth-order valence-electron chi connectivity index (χ4n) is 4.08. The van der Waals surface area contributed by atoms with Crippen LogP contribution in [0.15, 0.2) is 18.2 Å². The summed E-state index contributed by atoms with van der Waals surface area (Å²) in [5.41, 5.74) is 7.04. The van der Waals surface area contributed by atoms with Crippen LogP contribution < -0.4 is 5.73 Å². The van der Waals surface area contributed by atoms with Gasteiger partial charge < -0.3 is 21.1 Å². The van der Waals surface area contributed by atoms with Crippen LogP contribution in [0.25, 0.3) is 0 Å². The molecule has 2 rings (SSSR count). The van der Waals surface area contributed by atoms with Crippen molar-refractivity contribution < 1.29 is 20.1 Å². The highest BCUT2D eigenvalue weighted by Gasteiger charge is 2.40. The van der Waals surface area contributed by atoms with Gasteiger partial charge in [0, 0.05) is 25.7 Å². The zero-order valence-electron chi connectivity index (χ0n) is 17.8. The van der Waals surface area contributed by atoms with Crippen molar-refractivity contribution in [3.8, 4) is 5.75 Å². The number of nitrogens with two attached hydrogens (primary N) is 1. The number of phenols is 1. The van der Waals surface area contributed by atoms with E-state index in [9.17, 15) is 15.0 Å². The highest BCUT2D eigenvalue weighted by molar-refractivity contribution is 6.15. The maximum absolute atomic E-state index is 11.9. The first-order valence-electron chi connectivity index (χ1n) is 10.1. The normalized spacial score (nSPS) is 19.2. The second-order valence-corrected chi connectivity index (χ2v) is 8.49. The van der Waals surface area contributed by atoms with E-state index in [1.165, 1.54) is 5.56 Å². The van der Waals surface area contributed by atoms with Gasteiger partial charge in [-0.2, -0.15) is 0 Å². The van der Waals surface area contributed by atoms with Crippen molar-refractivity contribution in [1.82, 2.24) is 4.90 Å². The molecule has 1 aromatic rings. The zero-order chi connectivity index (χ0) is 20.9. The molecule has 0 amide bonds. The number of rotatable bonds is 10. The summed E-state index contributed by atoms with van der Waals surface area (Å²) < 4.78 is 0. The molecule has 0 aromatic heterocycles. The maximum Gasteiger partial charge on any atom is 0.323 e. The molecule has 0 fully saturated rings. The third kappa shape index (κ3) is 7.31. The molecule has 0 saturated carbocycles. The summed E-state index contributed by atoms with van der Waals surface area (Å²) in [5, 5.41) is 28.5. The lowest BCUT2D eigenvalue weighted by molar-refractivity contribution is -0.144. The van der Waals surface area contributed by atoms with E-state index in [4.69, 9.17) is 18.7 Å². The minimum absolute atomic E-state index is 0. The predicted octanol–water partition coefficient (Wildman–Crippen LogP) is 2.91. The maximum atomic E-state index is 11.9. The summed E-state index contributed by atoms with van der Waals surface area (Å²) in [6.45, 7) is 5.90. The Hall–Kier alpha value is -0.985. The molecule has 170 valence electrons.